The zero-order chi connectivity index (χ0) is 22.2. The van der Waals surface area contributed by atoms with Gasteiger partial charge in [0.05, 0.1) is 12.5 Å². The summed E-state index contributed by atoms with van der Waals surface area (Å²) in [7, 11) is 1.92. The lowest BCUT2D eigenvalue weighted by molar-refractivity contribution is -0.138. The van der Waals surface area contributed by atoms with Crippen LogP contribution in [0.25, 0.3) is 0 Å². The SMILES string of the molecule is CCCOc1cc(Sc2nncn2C)ccc1CNc1ccc(C(CC)C(=O)O)cc1. The molecule has 0 fully saturated rings. The Hall–Kier alpha value is -3.00. The van der Waals surface area contributed by atoms with Crippen LogP contribution >= 0.6 is 11.8 Å². The minimum Gasteiger partial charge on any atom is -0.493 e. The third kappa shape index (κ3) is 6.01. The predicted octanol–water partition coefficient (Wildman–Crippen LogP) is 4.95. The van der Waals surface area contributed by atoms with Gasteiger partial charge in [0.2, 0.25) is 0 Å². The van der Waals surface area contributed by atoms with Crippen LogP contribution in [0.2, 0.25) is 0 Å². The van der Waals surface area contributed by atoms with Crippen molar-refractivity contribution in [2.24, 2.45) is 7.05 Å². The van der Waals surface area contributed by atoms with Gasteiger partial charge in [0.1, 0.15) is 12.1 Å². The highest BCUT2D eigenvalue weighted by molar-refractivity contribution is 7.99. The molecule has 8 heteroatoms. The Morgan fingerprint density at radius 1 is 1.23 bits per heavy atom. The van der Waals surface area contributed by atoms with E-state index >= 15 is 0 Å². The minimum atomic E-state index is -0.791. The van der Waals surface area contributed by atoms with Crippen molar-refractivity contribution in [2.75, 3.05) is 11.9 Å². The molecular formula is C23H28N4O3S. The molecule has 1 aromatic heterocycles. The summed E-state index contributed by atoms with van der Waals surface area (Å²) < 4.78 is 7.87. The van der Waals surface area contributed by atoms with Gasteiger partial charge in [0.15, 0.2) is 5.16 Å². The average Bonchev–Trinajstić information content (AvgIpc) is 3.17. The number of carboxylic acids is 1. The largest absolute Gasteiger partial charge is 0.493 e. The van der Waals surface area contributed by atoms with Crippen LogP contribution in [0, 0.1) is 0 Å². The van der Waals surface area contributed by atoms with Gasteiger partial charge in [-0.2, -0.15) is 0 Å². The Morgan fingerprint density at radius 2 is 2.00 bits per heavy atom. The fourth-order valence-corrected chi connectivity index (χ4v) is 3.94. The zero-order valence-electron chi connectivity index (χ0n) is 18.0. The molecule has 0 saturated carbocycles. The van der Waals surface area contributed by atoms with Crippen molar-refractivity contribution in [1.29, 1.82) is 0 Å². The fraction of sp³-hybridized carbons (Fsp3) is 0.348. The first kappa shape index (κ1) is 22.7. The number of hydrogen-bond acceptors (Lipinski definition) is 6. The van der Waals surface area contributed by atoms with Crippen molar-refractivity contribution in [1.82, 2.24) is 14.8 Å². The van der Waals surface area contributed by atoms with E-state index < -0.39 is 11.9 Å². The van der Waals surface area contributed by atoms with Crippen molar-refractivity contribution >= 4 is 23.4 Å². The van der Waals surface area contributed by atoms with Gasteiger partial charge in [-0.1, -0.05) is 32.0 Å². The Bertz CT molecular complexity index is 1000. The number of aromatic nitrogens is 3. The quantitative estimate of drug-likeness (QED) is 0.436. The van der Waals surface area contributed by atoms with Crippen LogP contribution in [0.1, 0.15) is 43.7 Å². The summed E-state index contributed by atoms with van der Waals surface area (Å²) in [6.07, 6.45) is 3.18. The number of rotatable bonds is 11. The number of aliphatic carboxylic acids is 1. The molecule has 31 heavy (non-hydrogen) atoms. The molecule has 2 N–H and O–H groups in total. The van der Waals surface area contributed by atoms with Gasteiger partial charge in [-0.25, -0.2) is 0 Å². The summed E-state index contributed by atoms with van der Waals surface area (Å²) in [6, 6.07) is 13.7. The standard InChI is InChI=1S/C23H28N4O3S/c1-4-12-30-21-13-19(31-23-26-25-15-27(23)3)11-8-17(21)14-24-18-9-6-16(7-10-18)20(5-2)22(28)29/h6-11,13,15,20,24H,4-5,12,14H2,1-3H3,(H,28,29). The second-order valence-electron chi connectivity index (χ2n) is 7.22. The number of ether oxygens (including phenoxy) is 1. The van der Waals surface area contributed by atoms with Gasteiger partial charge in [-0.3, -0.25) is 4.79 Å². The summed E-state index contributed by atoms with van der Waals surface area (Å²) >= 11 is 1.54. The van der Waals surface area contributed by atoms with Gasteiger partial charge < -0.3 is 19.7 Å². The highest BCUT2D eigenvalue weighted by Gasteiger charge is 2.17. The van der Waals surface area contributed by atoms with Gasteiger partial charge in [0, 0.05) is 29.7 Å². The normalized spacial score (nSPS) is 11.8. The summed E-state index contributed by atoms with van der Waals surface area (Å²) in [6.45, 7) is 5.21. The highest BCUT2D eigenvalue weighted by Crippen LogP contribution is 2.31. The molecular weight excluding hydrogens is 412 g/mol. The average molecular weight is 441 g/mol. The van der Waals surface area contributed by atoms with Gasteiger partial charge in [0.25, 0.3) is 0 Å². The first-order valence-corrected chi connectivity index (χ1v) is 11.2. The van der Waals surface area contributed by atoms with E-state index in [4.69, 9.17) is 4.74 Å². The number of anilines is 1. The summed E-state index contributed by atoms with van der Waals surface area (Å²) in [5.74, 6) is -0.419. The molecule has 3 aromatic rings. The summed E-state index contributed by atoms with van der Waals surface area (Å²) in [5.41, 5.74) is 2.80. The third-order valence-electron chi connectivity index (χ3n) is 4.88. The number of benzene rings is 2. The number of nitrogens with one attached hydrogen (secondary N) is 1. The minimum absolute atomic E-state index is 0.470. The van der Waals surface area contributed by atoms with E-state index in [9.17, 15) is 9.90 Å². The van der Waals surface area contributed by atoms with Gasteiger partial charge >= 0.3 is 5.97 Å². The van der Waals surface area contributed by atoms with E-state index in [-0.39, 0.29) is 0 Å². The molecule has 1 unspecified atom stereocenters. The van der Waals surface area contributed by atoms with Crippen LogP contribution in [0.5, 0.6) is 5.75 Å². The molecule has 0 aliphatic carbocycles. The molecule has 1 atom stereocenters. The van der Waals surface area contributed by atoms with Crippen LogP contribution < -0.4 is 10.1 Å². The van der Waals surface area contributed by atoms with Crippen LogP contribution in [-0.4, -0.2) is 32.4 Å². The number of aryl methyl sites for hydroxylation is 1. The summed E-state index contributed by atoms with van der Waals surface area (Å²) in [5, 5.41) is 21.6. The highest BCUT2D eigenvalue weighted by atomic mass is 32.2. The molecule has 0 aliphatic heterocycles. The molecule has 0 bridgehead atoms. The number of hydrogen-bond donors (Lipinski definition) is 2. The maximum atomic E-state index is 11.4. The molecule has 0 saturated heterocycles. The van der Waals surface area contributed by atoms with E-state index in [2.05, 4.69) is 34.6 Å². The second kappa shape index (κ2) is 10.9. The van der Waals surface area contributed by atoms with Crippen molar-refractivity contribution in [3.63, 3.8) is 0 Å². The Balaban J connectivity index is 1.71. The Morgan fingerprint density at radius 3 is 2.61 bits per heavy atom. The monoisotopic (exact) mass is 440 g/mol. The van der Waals surface area contributed by atoms with Gasteiger partial charge in [-0.15, -0.1) is 10.2 Å². The predicted molar refractivity (Wildman–Crippen MR) is 122 cm³/mol. The summed E-state index contributed by atoms with van der Waals surface area (Å²) in [4.78, 5) is 12.4. The van der Waals surface area contributed by atoms with Gasteiger partial charge in [-0.05, 0) is 54.4 Å². The zero-order valence-corrected chi connectivity index (χ0v) is 18.9. The smallest absolute Gasteiger partial charge is 0.310 e. The molecule has 0 amide bonds. The lowest BCUT2D eigenvalue weighted by Gasteiger charge is -2.15. The second-order valence-corrected chi connectivity index (χ2v) is 8.26. The molecule has 7 nitrogen and oxygen atoms in total. The van der Waals surface area contributed by atoms with E-state index in [0.29, 0.717) is 19.6 Å². The van der Waals surface area contributed by atoms with Crippen LogP contribution in [-0.2, 0) is 18.4 Å². The molecule has 0 radical (unpaired) electrons. The molecule has 1 heterocycles. The van der Waals surface area contributed by atoms with E-state index in [1.165, 1.54) is 0 Å². The molecule has 164 valence electrons. The first-order chi connectivity index (χ1) is 15.0. The maximum absolute atomic E-state index is 11.4. The molecule has 3 rings (SSSR count). The van der Waals surface area contributed by atoms with Crippen LogP contribution in [0.4, 0.5) is 5.69 Å². The van der Waals surface area contributed by atoms with Crippen molar-refractivity contribution in [3.8, 4) is 5.75 Å². The number of carboxylic acid groups (broad SMARTS) is 1. The molecule has 2 aromatic carbocycles. The number of carbonyl (C=O) groups is 1. The number of nitrogens with zero attached hydrogens (tertiary/aromatic N) is 3. The Kier molecular flexibility index (Phi) is 7.94. The van der Waals surface area contributed by atoms with Crippen molar-refractivity contribution in [3.05, 3.63) is 59.9 Å². The topological polar surface area (TPSA) is 89.3 Å². The van der Waals surface area contributed by atoms with Crippen LogP contribution in [0.15, 0.2) is 58.8 Å². The molecule has 0 spiro atoms. The third-order valence-corrected chi connectivity index (χ3v) is 5.92. The maximum Gasteiger partial charge on any atom is 0.310 e. The Labute approximate surface area is 186 Å². The van der Waals surface area contributed by atoms with Crippen molar-refractivity contribution in [2.45, 2.75) is 49.2 Å². The lowest BCUT2D eigenvalue weighted by Crippen LogP contribution is -2.10. The van der Waals surface area contributed by atoms with E-state index in [1.807, 2.05) is 48.9 Å². The lowest BCUT2D eigenvalue weighted by atomic mass is 9.96. The van der Waals surface area contributed by atoms with Crippen molar-refractivity contribution < 1.29 is 14.6 Å². The first-order valence-electron chi connectivity index (χ1n) is 10.4. The van der Waals surface area contributed by atoms with E-state index in [1.54, 1.807) is 18.1 Å². The molecule has 0 aliphatic rings. The van der Waals surface area contributed by atoms with E-state index in [0.717, 1.165) is 39.0 Å². The fourth-order valence-electron chi connectivity index (χ4n) is 3.14. The van der Waals surface area contributed by atoms with Crippen LogP contribution in [0.3, 0.4) is 0 Å².